The molecule has 0 amide bonds. The number of nitro benzene ring substituents is 2. The van der Waals surface area contributed by atoms with Gasteiger partial charge in [-0.3, -0.25) is 20.2 Å². The Morgan fingerprint density at radius 1 is 0.895 bits per heavy atom. The molecule has 6 nitrogen and oxygen atoms in total. The molecule has 0 radical (unpaired) electrons. The lowest BCUT2D eigenvalue weighted by atomic mass is 10.00. The van der Waals surface area contributed by atoms with Crippen molar-refractivity contribution in [2.45, 2.75) is 6.92 Å². The van der Waals surface area contributed by atoms with E-state index in [9.17, 15) is 20.2 Å². The summed E-state index contributed by atoms with van der Waals surface area (Å²) >= 11 is 0. The lowest BCUT2D eigenvalue weighted by Crippen LogP contribution is -1.94. The van der Waals surface area contributed by atoms with Crippen LogP contribution in [0.1, 0.15) is 5.56 Å². The molecule has 2 aromatic carbocycles. The summed E-state index contributed by atoms with van der Waals surface area (Å²) in [5.41, 5.74) is 1.55. The predicted octanol–water partition coefficient (Wildman–Crippen LogP) is 3.48. The summed E-state index contributed by atoms with van der Waals surface area (Å²) in [5.74, 6) is 0. The van der Waals surface area contributed by atoms with Crippen molar-refractivity contribution in [1.82, 2.24) is 0 Å². The van der Waals surface area contributed by atoms with Gasteiger partial charge in [-0.05, 0) is 23.6 Å². The largest absolute Gasteiger partial charge is 0.276 e. The smallest absolute Gasteiger partial charge is 0.258 e. The van der Waals surface area contributed by atoms with Crippen molar-refractivity contribution in [1.29, 1.82) is 0 Å². The molecule has 19 heavy (non-hydrogen) atoms. The van der Waals surface area contributed by atoms with Gasteiger partial charge in [0.15, 0.2) is 0 Å². The highest BCUT2D eigenvalue weighted by atomic mass is 16.6. The number of benzene rings is 2. The summed E-state index contributed by atoms with van der Waals surface area (Å²) in [7, 11) is 0. The van der Waals surface area contributed by atoms with E-state index < -0.39 is 9.85 Å². The minimum absolute atomic E-state index is 0.285. The molecule has 0 saturated carbocycles. The molecule has 0 unspecified atom stereocenters. The summed E-state index contributed by atoms with van der Waals surface area (Å²) < 4.78 is 0. The molecule has 0 aromatic heterocycles. The molecule has 2 aromatic rings. The molecule has 2 rings (SSSR count). The van der Waals surface area contributed by atoms with Crippen LogP contribution in [0.25, 0.3) is 11.1 Å². The van der Waals surface area contributed by atoms with Gasteiger partial charge in [0.2, 0.25) is 0 Å². The number of aryl methyl sites for hydroxylation is 1. The Bertz CT molecular complexity index is 635. The van der Waals surface area contributed by atoms with Crippen LogP contribution in [0.2, 0.25) is 0 Å². The van der Waals surface area contributed by atoms with Gasteiger partial charge in [0.05, 0.1) is 15.9 Å². The Morgan fingerprint density at radius 2 is 1.42 bits per heavy atom. The summed E-state index contributed by atoms with van der Waals surface area (Å²) in [5, 5.41) is 21.7. The van der Waals surface area contributed by atoms with E-state index in [1.54, 1.807) is 12.1 Å². The first kappa shape index (κ1) is 12.7. The highest BCUT2D eigenvalue weighted by Crippen LogP contribution is 2.31. The van der Waals surface area contributed by atoms with Crippen molar-refractivity contribution in [2.24, 2.45) is 0 Å². The van der Waals surface area contributed by atoms with Crippen LogP contribution in [0.4, 0.5) is 11.4 Å². The topological polar surface area (TPSA) is 86.3 Å². The summed E-state index contributed by atoms with van der Waals surface area (Å²) in [6.45, 7) is 1.85. The van der Waals surface area contributed by atoms with Crippen LogP contribution >= 0.6 is 0 Å². The Kier molecular flexibility index (Phi) is 3.24. The van der Waals surface area contributed by atoms with Gasteiger partial charge in [-0.15, -0.1) is 0 Å². The van der Waals surface area contributed by atoms with Gasteiger partial charge in [-0.1, -0.05) is 24.3 Å². The summed E-state index contributed by atoms with van der Waals surface area (Å²) in [6.07, 6.45) is 0. The maximum atomic E-state index is 10.8. The fraction of sp³-hybridized carbons (Fsp3) is 0.0769. The molecule has 96 valence electrons. The molecule has 0 aliphatic carbocycles. The maximum absolute atomic E-state index is 10.8. The van der Waals surface area contributed by atoms with Gasteiger partial charge in [-0.25, -0.2) is 0 Å². The fourth-order valence-electron chi connectivity index (χ4n) is 1.86. The van der Waals surface area contributed by atoms with Crippen molar-refractivity contribution < 1.29 is 9.85 Å². The third kappa shape index (κ3) is 2.57. The van der Waals surface area contributed by atoms with Crippen molar-refractivity contribution in [3.8, 4) is 11.1 Å². The molecular weight excluding hydrogens is 248 g/mol. The number of nitro groups is 2. The Balaban J connectivity index is 2.67. The molecule has 6 heteroatoms. The van der Waals surface area contributed by atoms with Crippen LogP contribution in [0.3, 0.4) is 0 Å². The van der Waals surface area contributed by atoms with E-state index in [2.05, 4.69) is 0 Å². The molecule has 0 bridgehead atoms. The molecule has 0 heterocycles. The molecular formula is C13H10N2O4. The lowest BCUT2D eigenvalue weighted by Gasteiger charge is -2.05. The van der Waals surface area contributed by atoms with E-state index in [0.29, 0.717) is 5.56 Å². The normalized spacial score (nSPS) is 10.2. The number of hydrogen-bond acceptors (Lipinski definition) is 4. The zero-order valence-corrected chi connectivity index (χ0v) is 10.1. The number of hydrogen-bond donors (Lipinski definition) is 0. The van der Waals surface area contributed by atoms with E-state index in [4.69, 9.17) is 0 Å². The van der Waals surface area contributed by atoms with E-state index >= 15 is 0 Å². The SMILES string of the molecule is Cc1ccccc1-c1cc([N+](=O)[O-])cc([N+](=O)[O-])c1. The lowest BCUT2D eigenvalue weighted by molar-refractivity contribution is -0.394. The average Bonchev–Trinajstić information content (AvgIpc) is 2.38. The molecule has 0 aliphatic rings. The van der Waals surface area contributed by atoms with Gasteiger partial charge in [0, 0.05) is 12.1 Å². The molecule has 0 fully saturated rings. The molecule has 0 N–H and O–H groups in total. The molecule has 0 saturated heterocycles. The first-order valence-corrected chi connectivity index (χ1v) is 5.49. The Labute approximate surface area is 108 Å². The molecule has 0 atom stereocenters. The van der Waals surface area contributed by atoms with Crippen LogP contribution < -0.4 is 0 Å². The zero-order valence-electron chi connectivity index (χ0n) is 10.1. The van der Waals surface area contributed by atoms with Crippen LogP contribution in [0.5, 0.6) is 0 Å². The van der Waals surface area contributed by atoms with Crippen LogP contribution in [0.15, 0.2) is 42.5 Å². The van der Waals surface area contributed by atoms with Gasteiger partial charge < -0.3 is 0 Å². The average molecular weight is 258 g/mol. The minimum Gasteiger partial charge on any atom is -0.258 e. The first-order chi connectivity index (χ1) is 8.99. The third-order valence-corrected chi connectivity index (χ3v) is 2.78. The van der Waals surface area contributed by atoms with Crippen LogP contribution in [-0.2, 0) is 0 Å². The monoisotopic (exact) mass is 258 g/mol. The summed E-state index contributed by atoms with van der Waals surface area (Å²) in [6, 6.07) is 10.9. The van der Waals surface area contributed by atoms with Gasteiger partial charge >= 0.3 is 0 Å². The Morgan fingerprint density at radius 3 is 1.89 bits per heavy atom. The highest BCUT2D eigenvalue weighted by Gasteiger charge is 2.17. The quantitative estimate of drug-likeness (QED) is 0.622. The second-order valence-electron chi connectivity index (χ2n) is 4.07. The van der Waals surface area contributed by atoms with Gasteiger partial charge in [0.25, 0.3) is 11.4 Å². The van der Waals surface area contributed by atoms with Crippen molar-refractivity contribution in [3.05, 3.63) is 68.3 Å². The van der Waals surface area contributed by atoms with Gasteiger partial charge in [0.1, 0.15) is 0 Å². The fourth-order valence-corrected chi connectivity index (χ4v) is 1.86. The number of non-ortho nitro benzene ring substituents is 2. The first-order valence-electron chi connectivity index (χ1n) is 5.49. The standard InChI is InChI=1S/C13H10N2O4/c1-9-4-2-3-5-13(9)10-6-11(14(16)17)8-12(7-10)15(18)19/h2-8H,1H3. The van der Waals surface area contributed by atoms with Crippen molar-refractivity contribution in [3.63, 3.8) is 0 Å². The second kappa shape index (κ2) is 4.85. The number of rotatable bonds is 3. The van der Waals surface area contributed by atoms with Crippen molar-refractivity contribution in [2.75, 3.05) is 0 Å². The van der Waals surface area contributed by atoms with E-state index in [1.165, 1.54) is 12.1 Å². The summed E-state index contributed by atoms with van der Waals surface area (Å²) in [4.78, 5) is 20.4. The van der Waals surface area contributed by atoms with Crippen molar-refractivity contribution >= 4 is 11.4 Å². The minimum atomic E-state index is -0.630. The number of nitrogens with zero attached hydrogens (tertiary/aromatic N) is 2. The van der Waals surface area contributed by atoms with Crippen LogP contribution in [-0.4, -0.2) is 9.85 Å². The zero-order chi connectivity index (χ0) is 14.0. The van der Waals surface area contributed by atoms with Crippen LogP contribution in [0, 0.1) is 27.2 Å². The van der Waals surface area contributed by atoms with E-state index in [1.807, 2.05) is 19.1 Å². The maximum Gasteiger partial charge on any atom is 0.276 e. The molecule has 0 spiro atoms. The Hall–Kier alpha value is -2.76. The highest BCUT2D eigenvalue weighted by molar-refractivity contribution is 5.72. The van der Waals surface area contributed by atoms with Gasteiger partial charge in [-0.2, -0.15) is 0 Å². The predicted molar refractivity (Wildman–Crippen MR) is 69.9 cm³/mol. The third-order valence-electron chi connectivity index (χ3n) is 2.78. The second-order valence-corrected chi connectivity index (χ2v) is 4.07. The molecule has 0 aliphatic heterocycles. The van der Waals surface area contributed by atoms with E-state index in [-0.39, 0.29) is 11.4 Å². The van der Waals surface area contributed by atoms with E-state index in [0.717, 1.165) is 17.2 Å².